The molecule has 0 bridgehead atoms. The number of ether oxygens (including phenoxy) is 1. The number of nitrogens with one attached hydrogen (secondary N) is 2. The third-order valence-electron chi connectivity index (χ3n) is 2.88. The van der Waals surface area contributed by atoms with Gasteiger partial charge in [-0.15, -0.1) is 10.2 Å². The fraction of sp³-hybridized carbons (Fsp3) is 0.154. The molecule has 7 heteroatoms. The first-order valence-corrected chi connectivity index (χ1v) is 6.83. The second-order valence-electron chi connectivity index (χ2n) is 4.05. The summed E-state index contributed by atoms with van der Waals surface area (Å²) >= 11 is 1.49. The van der Waals surface area contributed by atoms with E-state index in [1.165, 1.54) is 11.3 Å². The van der Waals surface area contributed by atoms with Crippen molar-refractivity contribution in [2.45, 2.75) is 0 Å². The number of rotatable bonds is 4. The Labute approximate surface area is 119 Å². The second-order valence-corrected chi connectivity index (χ2v) is 5.03. The Morgan fingerprint density at radius 3 is 2.80 bits per heavy atom. The summed E-state index contributed by atoms with van der Waals surface area (Å²) in [6.07, 6.45) is 1.72. The molecule has 20 heavy (non-hydrogen) atoms. The van der Waals surface area contributed by atoms with Crippen molar-refractivity contribution in [1.29, 1.82) is 0 Å². The summed E-state index contributed by atoms with van der Waals surface area (Å²) in [6, 6.07) is 7.86. The van der Waals surface area contributed by atoms with E-state index in [-0.39, 0.29) is 0 Å². The topological polar surface area (TPSA) is 75.7 Å². The van der Waals surface area contributed by atoms with E-state index in [9.17, 15) is 0 Å². The third kappa shape index (κ3) is 2.23. The van der Waals surface area contributed by atoms with Gasteiger partial charge < -0.3 is 10.1 Å². The Morgan fingerprint density at radius 1 is 1.25 bits per heavy atom. The predicted octanol–water partition coefficient (Wildman–Crippen LogP) is 2.65. The average Bonchev–Trinajstić information content (AvgIpc) is 3.17. The number of benzene rings is 1. The van der Waals surface area contributed by atoms with Gasteiger partial charge in [-0.2, -0.15) is 5.10 Å². The largest absolute Gasteiger partial charge is 0.496 e. The molecule has 0 radical (unpaired) electrons. The summed E-state index contributed by atoms with van der Waals surface area (Å²) < 4.78 is 5.47. The smallest absolute Gasteiger partial charge is 0.205 e. The highest BCUT2D eigenvalue weighted by molar-refractivity contribution is 7.18. The van der Waals surface area contributed by atoms with Gasteiger partial charge in [0.15, 0.2) is 5.01 Å². The van der Waals surface area contributed by atoms with Crippen molar-refractivity contribution in [1.82, 2.24) is 20.4 Å². The molecule has 2 aromatic heterocycles. The van der Waals surface area contributed by atoms with Gasteiger partial charge in [-0.3, -0.25) is 5.10 Å². The summed E-state index contributed by atoms with van der Waals surface area (Å²) in [7, 11) is 3.47. The zero-order chi connectivity index (χ0) is 13.9. The number of anilines is 1. The van der Waals surface area contributed by atoms with Gasteiger partial charge in [0.05, 0.1) is 18.4 Å². The molecule has 0 saturated carbocycles. The van der Waals surface area contributed by atoms with Crippen LogP contribution in [0.25, 0.3) is 21.8 Å². The second kappa shape index (κ2) is 5.30. The van der Waals surface area contributed by atoms with E-state index in [1.54, 1.807) is 13.3 Å². The van der Waals surface area contributed by atoms with E-state index in [4.69, 9.17) is 4.74 Å². The summed E-state index contributed by atoms with van der Waals surface area (Å²) in [5, 5.41) is 19.7. The molecule has 6 nitrogen and oxygen atoms in total. The Bertz CT molecular complexity index is 707. The Hall–Kier alpha value is -2.41. The monoisotopic (exact) mass is 287 g/mol. The van der Waals surface area contributed by atoms with Crippen molar-refractivity contribution in [2.24, 2.45) is 0 Å². The molecule has 3 aromatic rings. The lowest BCUT2D eigenvalue weighted by molar-refractivity contribution is 0.416. The van der Waals surface area contributed by atoms with E-state index < -0.39 is 0 Å². The minimum absolute atomic E-state index is 0.760. The first-order valence-electron chi connectivity index (χ1n) is 6.01. The first-order chi connectivity index (χ1) is 9.81. The first kappa shape index (κ1) is 12.6. The Kier molecular flexibility index (Phi) is 3.34. The van der Waals surface area contributed by atoms with Gasteiger partial charge in [0.2, 0.25) is 5.13 Å². The van der Waals surface area contributed by atoms with Crippen LogP contribution in [0.4, 0.5) is 5.13 Å². The van der Waals surface area contributed by atoms with Crippen LogP contribution in [0.15, 0.2) is 30.5 Å². The van der Waals surface area contributed by atoms with Gasteiger partial charge in [-0.05, 0) is 18.2 Å². The van der Waals surface area contributed by atoms with Gasteiger partial charge in [0.1, 0.15) is 5.75 Å². The van der Waals surface area contributed by atoms with Crippen LogP contribution in [-0.4, -0.2) is 34.6 Å². The summed E-state index contributed by atoms with van der Waals surface area (Å²) in [6.45, 7) is 0. The minimum atomic E-state index is 0.760. The number of hydrogen-bond acceptors (Lipinski definition) is 6. The van der Waals surface area contributed by atoms with Gasteiger partial charge >= 0.3 is 0 Å². The molecule has 0 amide bonds. The maximum absolute atomic E-state index is 5.47. The predicted molar refractivity (Wildman–Crippen MR) is 79.0 cm³/mol. The SMILES string of the molecule is CNc1nnc(-c2ccc(-c3ccn[nH]3)cc2OC)s1. The van der Waals surface area contributed by atoms with Crippen LogP contribution < -0.4 is 10.1 Å². The zero-order valence-corrected chi connectivity index (χ0v) is 11.9. The van der Waals surface area contributed by atoms with Crippen LogP contribution in [0, 0.1) is 0 Å². The lowest BCUT2D eigenvalue weighted by Gasteiger charge is -2.07. The molecular weight excluding hydrogens is 274 g/mol. The molecule has 1 aromatic carbocycles. The van der Waals surface area contributed by atoms with E-state index >= 15 is 0 Å². The van der Waals surface area contributed by atoms with E-state index in [1.807, 2.05) is 31.3 Å². The third-order valence-corrected chi connectivity index (χ3v) is 3.86. The highest BCUT2D eigenvalue weighted by Gasteiger charge is 2.13. The fourth-order valence-electron chi connectivity index (χ4n) is 1.89. The molecule has 0 aliphatic carbocycles. The van der Waals surface area contributed by atoms with Gasteiger partial charge in [-0.25, -0.2) is 0 Å². The molecular formula is C13H13N5OS. The maximum Gasteiger partial charge on any atom is 0.205 e. The Morgan fingerprint density at radius 2 is 2.15 bits per heavy atom. The number of hydrogen-bond donors (Lipinski definition) is 2. The van der Waals surface area contributed by atoms with Crippen LogP contribution in [0.1, 0.15) is 0 Å². The standard InChI is InChI=1S/C13H13N5OS/c1-14-13-18-17-12(20-13)9-4-3-8(7-11(9)19-2)10-5-6-15-16-10/h3-7H,1-2H3,(H,14,18)(H,15,16). The number of H-pyrrole nitrogens is 1. The molecule has 0 aliphatic heterocycles. The fourth-order valence-corrected chi connectivity index (χ4v) is 2.61. The molecule has 3 rings (SSSR count). The molecule has 0 aliphatic rings. The van der Waals surface area contributed by atoms with Crippen molar-refractivity contribution in [3.8, 4) is 27.6 Å². The van der Waals surface area contributed by atoms with Crippen molar-refractivity contribution < 1.29 is 4.74 Å². The van der Waals surface area contributed by atoms with Crippen LogP contribution in [-0.2, 0) is 0 Å². The van der Waals surface area contributed by atoms with Gasteiger partial charge in [0.25, 0.3) is 0 Å². The minimum Gasteiger partial charge on any atom is -0.496 e. The van der Waals surface area contributed by atoms with Crippen molar-refractivity contribution in [3.05, 3.63) is 30.5 Å². The van der Waals surface area contributed by atoms with Crippen LogP contribution in [0.5, 0.6) is 5.75 Å². The quantitative estimate of drug-likeness (QED) is 0.771. The van der Waals surface area contributed by atoms with Gasteiger partial charge in [0, 0.05) is 18.8 Å². The lowest BCUT2D eigenvalue weighted by Crippen LogP contribution is -1.89. The number of methoxy groups -OCH3 is 1. The van der Waals surface area contributed by atoms with E-state index in [0.717, 1.165) is 32.7 Å². The molecule has 0 atom stereocenters. The zero-order valence-electron chi connectivity index (χ0n) is 11.0. The Balaban J connectivity index is 2.04. The van der Waals surface area contributed by atoms with Crippen LogP contribution in [0.2, 0.25) is 0 Å². The normalized spacial score (nSPS) is 10.5. The molecule has 2 N–H and O–H groups in total. The number of nitrogens with zero attached hydrogens (tertiary/aromatic N) is 3. The lowest BCUT2D eigenvalue weighted by atomic mass is 10.1. The maximum atomic E-state index is 5.47. The number of aromatic amines is 1. The molecule has 0 saturated heterocycles. The van der Waals surface area contributed by atoms with E-state index in [2.05, 4.69) is 25.7 Å². The van der Waals surface area contributed by atoms with Crippen molar-refractivity contribution in [2.75, 3.05) is 19.5 Å². The summed E-state index contributed by atoms with van der Waals surface area (Å²) in [5.74, 6) is 0.760. The molecule has 102 valence electrons. The van der Waals surface area contributed by atoms with Crippen LogP contribution in [0.3, 0.4) is 0 Å². The molecule has 0 unspecified atom stereocenters. The highest BCUT2D eigenvalue weighted by Crippen LogP contribution is 2.35. The van der Waals surface area contributed by atoms with Gasteiger partial charge in [-0.1, -0.05) is 17.4 Å². The average molecular weight is 287 g/mol. The van der Waals surface area contributed by atoms with Crippen molar-refractivity contribution >= 4 is 16.5 Å². The molecule has 0 fully saturated rings. The summed E-state index contributed by atoms with van der Waals surface area (Å²) in [4.78, 5) is 0. The molecule has 0 spiro atoms. The highest BCUT2D eigenvalue weighted by atomic mass is 32.1. The summed E-state index contributed by atoms with van der Waals surface area (Å²) in [5.41, 5.74) is 2.89. The number of aromatic nitrogens is 4. The van der Waals surface area contributed by atoms with Crippen molar-refractivity contribution in [3.63, 3.8) is 0 Å². The molecule has 2 heterocycles. The van der Waals surface area contributed by atoms with E-state index in [0.29, 0.717) is 0 Å². The van der Waals surface area contributed by atoms with Crippen LogP contribution >= 0.6 is 11.3 Å².